The minimum Gasteiger partial charge on any atom is -0.481 e. The highest BCUT2D eigenvalue weighted by Crippen LogP contribution is 2.39. The average molecular weight is 248 g/mol. The molecule has 1 fully saturated rings. The Bertz CT molecular complexity index is 485. The van der Waals surface area contributed by atoms with Crippen LogP contribution in [0.4, 0.5) is 11.4 Å². The first-order chi connectivity index (χ1) is 8.49. The Balaban J connectivity index is 2.00. The summed E-state index contributed by atoms with van der Waals surface area (Å²) in [5.74, 6) is -2.00. The molecule has 96 valence electrons. The second kappa shape index (κ2) is 4.68. The fourth-order valence-corrected chi connectivity index (χ4v) is 1.85. The lowest BCUT2D eigenvalue weighted by molar-refractivity contribution is -0.139. The van der Waals surface area contributed by atoms with Gasteiger partial charge in [-0.25, -0.2) is 0 Å². The van der Waals surface area contributed by atoms with Crippen LogP contribution < -0.4 is 10.2 Å². The first kappa shape index (κ1) is 12.4. The molecule has 0 aromatic heterocycles. The molecule has 1 aliphatic rings. The summed E-state index contributed by atoms with van der Waals surface area (Å²) in [6.45, 7) is 0. The van der Waals surface area contributed by atoms with Crippen molar-refractivity contribution >= 4 is 23.3 Å². The number of benzene rings is 1. The number of anilines is 2. The van der Waals surface area contributed by atoms with E-state index in [2.05, 4.69) is 5.32 Å². The van der Waals surface area contributed by atoms with E-state index in [1.165, 1.54) is 0 Å². The molecule has 1 aromatic rings. The van der Waals surface area contributed by atoms with Crippen molar-refractivity contribution < 1.29 is 14.7 Å². The molecule has 2 N–H and O–H groups in total. The van der Waals surface area contributed by atoms with E-state index >= 15 is 0 Å². The van der Waals surface area contributed by atoms with Crippen molar-refractivity contribution in [3.8, 4) is 0 Å². The number of amides is 1. The van der Waals surface area contributed by atoms with Crippen LogP contribution in [0.3, 0.4) is 0 Å². The Kier molecular flexibility index (Phi) is 3.23. The lowest BCUT2D eigenvalue weighted by Gasteiger charge is -2.13. The maximum absolute atomic E-state index is 11.8. The van der Waals surface area contributed by atoms with Gasteiger partial charge in [-0.2, -0.15) is 0 Å². The summed E-state index contributed by atoms with van der Waals surface area (Å²) in [6.07, 6.45) is 0.439. The van der Waals surface area contributed by atoms with Crippen LogP contribution >= 0.6 is 0 Å². The van der Waals surface area contributed by atoms with Crippen LogP contribution in [0.2, 0.25) is 0 Å². The Morgan fingerprint density at radius 1 is 1.33 bits per heavy atom. The van der Waals surface area contributed by atoms with E-state index in [-0.39, 0.29) is 11.8 Å². The fourth-order valence-electron chi connectivity index (χ4n) is 1.85. The highest BCUT2D eigenvalue weighted by atomic mass is 16.4. The number of hydrogen-bond donors (Lipinski definition) is 2. The molecule has 0 radical (unpaired) electrons. The molecule has 1 aliphatic carbocycles. The second-order valence-electron chi connectivity index (χ2n) is 4.72. The lowest BCUT2D eigenvalue weighted by Crippen LogP contribution is -2.17. The number of carboxylic acid groups (broad SMARTS) is 1. The van der Waals surface area contributed by atoms with E-state index in [1.807, 2.05) is 37.2 Å². The number of rotatable bonds is 4. The summed E-state index contributed by atoms with van der Waals surface area (Å²) in [6, 6.07) is 7.44. The first-order valence-corrected chi connectivity index (χ1v) is 5.80. The zero-order valence-corrected chi connectivity index (χ0v) is 10.4. The molecular formula is C13H16N2O3. The topological polar surface area (TPSA) is 69.6 Å². The third kappa shape index (κ3) is 2.61. The Labute approximate surface area is 105 Å². The van der Waals surface area contributed by atoms with E-state index < -0.39 is 11.9 Å². The van der Waals surface area contributed by atoms with Crippen molar-refractivity contribution in [1.29, 1.82) is 0 Å². The molecule has 0 heterocycles. The van der Waals surface area contributed by atoms with Crippen LogP contribution in [-0.2, 0) is 9.59 Å². The summed E-state index contributed by atoms with van der Waals surface area (Å²) < 4.78 is 0. The summed E-state index contributed by atoms with van der Waals surface area (Å²) in [5, 5.41) is 11.5. The lowest BCUT2D eigenvalue weighted by atomic mass is 10.2. The molecule has 0 bridgehead atoms. The van der Waals surface area contributed by atoms with Crippen LogP contribution in [0.1, 0.15) is 6.42 Å². The van der Waals surface area contributed by atoms with E-state index in [9.17, 15) is 9.59 Å². The van der Waals surface area contributed by atoms with Crippen LogP contribution in [0.15, 0.2) is 24.3 Å². The largest absolute Gasteiger partial charge is 0.481 e. The van der Waals surface area contributed by atoms with Gasteiger partial charge in [0.2, 0.25) is 5.91 Å². The van der Waals surface area contributed by atoms with E-state index in [0.717, 1.165) is 5.69 Å². The predicted octanol–water partition coefficient (Wildman–Crippen LogP) is 1.41. The number of carboxylic acids is 1. The SMILES string of the molecule is CN(C)c1cccc(NC(=O)[C@@H]2C[C@@H]2C(=O)O)c1. The van der Waals surface area contributed by atoms with Gasteiger partial charge in [-0.15, -0.1) is 0 Å². The van der Waals surface area contributed by atoms with Gasteiger partial charge in [0.05, 0.1) is 11.8 Å². The molecule has 2 rings (SSSR count). The molecular weight excluding hydrogens is 232 g/mol. The molecule has 1 saturated carbocycles. The first-order valence-electron chi connectivity index (χ1n) is 5.80. The summed E-state index contributed by atoms with van der Waals surface area (Å²) in [4.78, 5) is 24.4. The molecule has 0 saturated heterocycles. The number of nitrogens with one attached hydrogen (secondary N) is 1. The van der Waals surface area contributed by atoms with Gasteiger partial charge in [0.15, 0.2) is 0 Å². The van der Waals surface area contributed by atoms with Crippen LogP contribution in [0, 0.1) is 11.8 Å². The summed E-state index contributed by atoms with van der Waals surface area (Å²) in [5.41, 5.74) is 1.68. The van der Waals surface area contributed by atoms with Crippen LogP contribution in [0.25, 0.3) is 0 Å². The van der Waals surface area contributed by atoms with Gasteiger partial charge in [-0.3, -0.25) is 9.59 Å². The van der Waals surface area contributed by atoms with Gasteiger partial charge < -0.3 is 15.3 Å². The Hall–Kier alpha value is -2.04. The normalized spacial score (nSPS) is 21.2. The summed E-state index contributed by atoms with van der Waals surface area (Å²) in [7, 11) is 3.84. The maximum Gasteiger partial charge on any atom is 0.307 e. The monoisotopic (exact) mass is 248 g/mol. The Morgan fingerprint density at radius 2 is 2.06 bits per heavy atom. The minimum atomic E-state index is -0.891. The third-order valence-electron chi connectivity index (χ3n) is 3.07. The predicted molar refractivity (Wildman–Crippen MR) is 68.6 cm³/mol. The van der Waals surface area contributed by atoms with E-state index in [4.69, 9.17) is 5.11 Å². The van der Waals surface area contributed by atoms with Gasteiger partial charge in [0.1, 0.15) is 0 Å². The molecule has 2 atom stereocenters. The number of carbonyl (C=O) groups is 2. The third-order valence-corrected chi connectivity index (χ3v) is 3.07. The number of aliphatic carboxylic acids is 1. The molecule has 0 unspecified atom stereocenters. The van der Waals surface area contributed by atoms with E-state index in [1.54, 1.807) is 6.07 Å². The van der Waals surface area contributed by atoms with Gasteiger partial charge in [0.25, 0.3) is 0 Å². The van der Waals surface area contributed by atoms with Crippen LogP contribution in [0.5, 0.6) is 0 Å². The highest BCUT2D eigenvalue weighted by molar-refractivity contribution is 5.98. The average Bonchev–Trinajstić information content (AvgIpc) is 3.09. The number of hydrogen-bond acceptors (Lipinski definition) is 3. The molecule has 0 aliphatic heterocycles. The zero-order chi connectivity index (χ0) is 13.3. The zero-order valence-electron chi connectivity index (χ0n) is 10.4. The maximum atomic E-state index is 11.8. The van der Waals surface area contributed by atoms with Crippen molar-refractivity contribution in [2.24, 2.45) is 11.8 Å². The molecule has 18 heavy (non-hydrogen) atoms. The van der Waals surface area contributed by atoms with Crippen molar-refractivity contribution in [1.82, 2.24) is 0 Å². The Morgan fingerprint density at radius 3 is 2.61 bits per heavy atom. The molecule has 1 aromatic carbocycles. The molecule has 5 nitrogen and oxygen atoms in total. The van der Waals surface area contributed by atoms with Gasteiger partial charge in [-0.1, -0.05) is 6.07 Å². The fraction of sp³-hybridized carbons (Fsp3) is 0.385. The van der Waals surface area contributed by atoms with Crippen molar-refractivity contribution in [2.75, 3.05) is 24.3 Å². The van der Waals surface area contributed by atoms with E-state index in [0.29, 0.717) is 12.1 Å². The molecule has 5 heteroatoms. The molecule has 0 spiro atoms. The van der Waals surface area contributed by atoms with Crippen molar-refractivity contribution in [3.63, 3.8) is 0 Å². The standard InChI is InChI=1S/C13H16N2O3/c1-15(2)9-5-3-4-8(6-9)14-12(16)10-7-11(10)13(17)18/h3-6,10-11H,7H2,1-2H3,(H,14,16)(H,17,18)/t10-,11+/m1/s1. The van der Waals surface area contributed by atoms with Crippen molar-refractivity contribution in [3.05, 3.63) is 24.3 Å². The van der Waals surface area contributed by atoms with Gasteiger partial charge >= 0.3 is 5.97 Å². The minimum absolute atomic E-state index is 0.210. The second-order valence-corrected chi connectivity index (χ2v) is 4.72. The number of nitrogens with zero attached hydrogens (tertiary/aromatic N) is 1. The smallest absolute Gasteiger partial charge is 0.307 e. The van der Waals surface area contributed by atoms with Gasteiger partial charge in [-0.05, 0) is 24.6 Å². The highest BCUT2D eigenvalue weighted by Gasteiger charge is 2.48. The summed E-state index contributed by atoms with van der Waals surface area (Å²) >= 11 is 0. The molecule has 1 amide bonds. The van der Waals surface area contributed by atoms with Crippen molar-refractivity contribution in [2.45, 2.75) is 6.42 Å². The number of carbonyl (C=O) groups excluding carboxylic acids is 1. The van der Waals surface area contributed by atoms with Crippen LogP contribution in [-0.4, -0.2) is 31.1 Å². The quantitative estimate of drug-likeness (QED) is 0.845. The van der Waals surface area contributed by atoms with Gasteiger partial charge in [0, 0.05) is 25.5 Å².